The molecule has 0 aliphatic carbocycles. The molecule has 0 fully saturated rings. The lowest BCUT2D eigenvalue weighted by Crippen LogP contribution is -2.42. The highest BCUT2D eigenvalue weighted by Gasteiger charge is 2.31. The topological polar surface area (TPSA) is 87.9 Å². The molecule has 3 N–H and O–H groups in total. The average molecular weight is 512 g/mol. The van der Waals surface area contributed by atoms with E-state index < -0.39 is 6.36 Å². The summed E-state index contributed by atoms with van der Waals surface area (Å²) in [6, 6.07) is 9.21. The van der Waals surface area contributed by atoms with Crippen LogP contribution in [-0.4, -0.2) is 31.8 Å². The number of halogens is 4. The first-order valence-electron chi connectivity index (χ1n) is 7.94. The summed E-state index contributed by atoms with van der Waals surface area (Å²) in [4.78, 5) is 15.7. The first-order chi connectivity index (χ1) is 12.9. The molecule has 0 aliphatic rings. The van der Waals surface area contributed by atoms with E-state index in [1.807, 2.05) is 0 Å². The molecule has 2 rings (SSSR count). The van der Waals surface area contributed by atoms with Crippen LogP contribution in [-0.2, 0) is 17.9 Å². The van der Waals surface area contributed by atoms with Gasteiger partial charge < -0.3 is 25.1 Å². The van der Waals surface area contributed by atoms with Gasteiger partial charge >= 0.3 is 6.36 Å². The maximum atomic E-state index is 12.4. The summed E-state index contributed by atoms with van der Waals surface area (Å²) < 4.78 is 46.4. The van der Waals surface area contributed by atoms with Gasteiger partial charge in [0, 0.05) is 19.2 Å². The number of hydrogen-bond acceptors (Lipinski definition) is 4. The summed E-state index contributed by atoms with van der Waals surface area (Å²) in [6.45, 7) is 0.211. The van der Waals surface area contributed by atoms with Crippen LogP contribution in [0.5, 0.6) is 5.75 Å². The van der Waals surface area contributed by atoms with E-state index in [4.69, 9.17) is 4.42 Å². The Morgan fingerprint density at radius 3 is 2.50 bits per heavy atom. The van der Waals surface area contributed by atoms with Crippen LogP contribution >= 0.6 is 24.0 Å². The largest absolute Gasteiger partial charge is 0.573 e. The Morgan fingerprint density at radius 1 is 1.11 bits per heavy atom. The minimum atomic E-state index is -4.78. The van der Waals surface area contributed by atoms with Crippen molar-refractivity contribution in [3.8, 4) is 5.75 Å². The number of ether oxygens (including phenoxy) is 1. The molecule has 0 saturated heterocycles. The van der Waals surface area contributed by atoms with Gasteiger partial charge in [0.25, 0.3) is 0 Å². The van der Waals surface area contributed by atoms with E-state index in [2.05, 4.69) is 25.7 Å². The second-order valence-electron chi connectivity index (χ2n) is 5.29. The highest BCUT2D eigenvalue weighted by Crippen LogP contribution is 2.25. The van der Waals surface area contributed by atoms with Gasteiger partial charge in [-0.25, -0.2) is 0 Å². The van der Waals surface area contributed by atoms with E-state index in [1.165, 1.54) is 31.5 Å². The highest BCUT2D eigenvalue weighted by atomic mass is 127. The maximum Gasteiger partial charge on any atom is 0.573 e. The maximum absolute atomic E-state index is 12.4. The van der Waals surface area contributed by atoms with Crippen molar-refractivity contribution in [2.75, 3.05) is 13.6 Å². The van der Waals surface area contributed by atoms with Crippen LogP contribution in [0.15, 0.2) is 52.1 Å². The van der Waals surface area contributed by atoms with Crippen LogP contribution in [0.3, 0.4) is 0 Å². The molecule has 0 saturated carbocycles. The zero-order valence-electron chi connectivity index (χ0n) is 14.9. The van der Waals surface area contributed by atoms with Gasteiger partial charge in [-0.3, -0.25) is 9.79 Å². The third-order valence-electron chi connectivity index (χ3n) is 3.32. The van der Waals surface area contributed by atoms with Gasteiger partial charge in [-0.05, 0) is 18.2 Å². The normalized spacial score (nSPS) is 11.4. The van der Waals surface area contributed by atoms with Crippen LogP contribution in [0.1, 0.15) is 11.3 Å². The number of nitrogens with zero attached hydrogens (tertiary/aromatic N) is 1. The summed E-state index contributed by atoms with van der Waals surface area (Å²) >= 11 is 0. The molecule has 0 atom stereocenters. The number of furan rings is 1. The lowest BCUT2D eigenvalue weighted by molar-refractivity contribution is -0.274. The number of carbonyl (C=O) groups excluding carboxylic acids is 1. The molecule has 0 spiro atoms. The number of amides is 1. The SMILES string of the molecule is CN=C(NCC(=O)NCc1ccco1)NCc1ccccc1OC(F)(F)F.I. The quantitative estimate of drug-likeness (QED) is 0.302. The van der Waals surface area contributed by atoms with E-state index in [0.29, 0.717) is 11.3 Å². The number of rotatable bonds is 7. The van der Waals surface area contributed by atoms with Crippen LogP contribution in [0.25, 0.3) is 0 Å². The van der Waals surface area contributed by atoms with Crippen molar-refractivity contribution in [1.29, 1.82) is 0 Å². The van der Waals surface area contributed by atoms with Crippen LogP contribution in [0.2, 0.25) is 0 Å². The van der Waals surface area contributed by atoms with E-state index in [-0.39, 0.29) is 61.2 Å². The summed E-state index contributed by atoms with van der Waals surface area (Å²) in [5.41, 5.74) is 0.292. The predicted octanol–water partition coefficient (Wildman–Crippen LogP) is 2.78. The predicted molar refractivity (Wildman–Crippen MR) is 107 cm³/mol. The molecule has 154 valence electrons. The van der Waals surface area contributed by atoms with Gasteiger partial charge in [-0.15, -0.1) is 37.1 Å². The summed E-state index contributed by atoms with van der Waals surface area (Å²) in [5.74, 6) is 0.274. The number of alkyl halides is 3. The molecule has 0 aliphatic heterocycles. The fourth-order valence-corrected chi connectivity index (χ4v) is 2.10. The van der Waals surface area contributed by atoms with Crippen LogP contribution in [0, 0.1) is 0 Å². The number of para-hydroxylation sites is 1. The van der Waals surface area contributed by atoms with Crippen molar-refractivity contribution < 1.29 is 27.1 Å². The molecule has 0 radical (unpaired) electrons. The molecule has 28 heavy (non-hydrogen) atoms. The van der Waals surface area contributed by atoms with Crippen molar-refractivity contribution in [3.05, 3.63) is 54.0 Å². The highest BCUT2D eigenvalue weighted by molar-refractivity contribution is 14.0. The van der Waals surface area contributed by atoms with Crippen molar-refractivity contribution in [2.45, 2.75) is 19.5 Å². The van der Waals surface area contributed by atoms with Crippen molar-refractivity contribution in [3.63, 3.8) is 0 Å². The Balaban J connectivity index is 0.00000392. The molecule has 1 amide bonds. The number of benzene rings is 1. The first-order valence-corrected chi connectivity index (χ1v) is 7.94. The Bertz CT molecular complexity index is 767. The zero-order valence-corrected chi connectivity index (χ0v) is 17.2. The van der Waals surface area contributed by atoms with Crippen LogP contribution < -0.4 is 20.7 Å². The van der Waals surface area contributed by atoms with E-state index in [0.717, 1.165) is 0 Å². The Hall–Kier alpha value is -2.44. The Labute approximate surface area is 176 Å². The minimum Gasteiger partial charge on any atom is -0.467 e. The number of aliphatic imine (C=N–C) groups is 1. The fraction of sp³-hybridized carbons (Fsp3) is 0.294. The number of carbonyl (C=O) groups is 1. The Morgan fingerprint density at radius 2 is 1.86 bits per heavy atom. The minimum absolute atomic E-state index is 0. The van der Waals surface area contributed by atoms with Gasteiger partial charge in [0.15, 0.2) is 5.96 Å². The van der Waals surface area contributed by atoms with E-state index in [9.17, 15) is 18.0 Å². The number of guanidine groups is 1. The van der Waals surface area contributed by atoms with E-state index >= 15 is 0 Å². The van der Waals surface area contributed by atoms with Crippen LogP contribution in [0.4, 0.5) is 13.2 Å². The molecule has 11 heteroatoms. The summed E-state index contributed by atoms with van der Waals surface area (Å²) in [5, 5.41) is 8.25. The van der Waals surface area contributed by atoms with E-state index in [1.54, 1.807) is 18.2 Å². The van der Waals surface area contributed by atoms with Gasteiger partial charge in [0.2, 0.25) is 5.91 Å². The average Bonchev–Trinajstić information content (AvgIpc) is 3.13. The summed E-state index contributed by atoms with van der Waals surface area (Å²) in [6.07, 6.45) is -3.27. The molecule has 0 bridgehead atoms. The lowest BCUT2D eigenvalue weighted by Gasteiger charge is -2.15. The van der Waals surface area contributed by atoms with Gasteiger partial charge in [-0.1, -0.05) is 18.2 Å². The van der Waals surface area contributed by atoms with Gasteiger partial charge in [0.1, 0.15) is 11.5 Å². The lowest BCUT2D eigenvalue weighted by atomic mass is 10.2. The second-order valence-corrected chi connectivity index (χ2v) is 5.29. The van der Waals surface area contributed by atoms with Gasteiger partial charge in [0.05, 0.1) is 19.4 Å². The first kappa shape index (κ1) is 23.6. The summed E-state index contributed by atoms with van der Waals surface area (Å²) in [7, 11) is 1.48. The van der Waals surface area contributed by atoms with Crippen molar-refractivity contribution in [1.82, 2.24) is 16.0 Å². The zero-order chi connectivity index (χ0) is 19.7. The fourth-order valence-electron chi connectivity index (χ4n) is 2.10. The Kier molecular flexibility index (Phi) is 9.62. The molecular formula is C17H20F3IN4O3. The molecule has 2 aromatic rings. The van der Waals surface area contributed by atoms with Gasteiger partial charge in [-0.2, -0.15) is 0 Å². The van der Waals surface area contributed by atoms with Crippen molar-refractivity contribution in [2.24, 2.45) is 4.99 Å². The third-order valence-corrected chi connectivity index (χ3v) is 3.32. The second kappa shape index (κ2) is 11.4. The third kappa shape index (κ3) is 8.50. The number of hydrogen-bond donors (Lipinski definition) is 3. The number of nitrogens with one attached hydrogen (secondary N) is 3. The molecule has 7 nitrogen and oxygen atoms in total. The molecule has 1 aromatic heterocycles. The van der Waals surface area contributed by atoms with Crippen molar-refractivity contribution >= 4 is 35.8 Å². The molecule has 0 unspecified atom stereocenters. The smallest absolute Gasteiger partial charge is 0.467 e. The molecule has 1 heterocycles. The molecule has 1 aromatic carbocycles. The monoisotopic (exact) mass is 512 g/mol. The molecular weight excluding hydrogens is 492 g/mol. The standard InChI is InChI=1S/C17H19F3N4O3.HI/c1-21-16(24-11-15(25)22-10-13-6-4-8-26-13)23-9-12-5-2-3-7-14(12)27-17(18,19)20;/h2-8H,9-11H2,1H3,(H,22,25)(H2,21,23,24);1H.